The first-order chi connectivity index (χ1) is 20.7. The largest absolute Gasteiger partial charge is 0.494 e. The number of aryl methyl sites for hydroxylation is 1. The van der Waals surface area contributed by atoms with Crippen molar-refractivity contribution in [3.8, 4) is 5.75 Å². The summed E-state index contributed by atoms with van der Waals surface area (Å²) < 4.78 is 8.73. The average molecular weight is 667 g/mol. The summed E-state index contributed by atoms with van der Waals surface area (Å²) in [7, 11) is 8.06. The van der Waals surface area contributed by atoms with Crippen LogP contribution in [0.3, 0.4) is 0 Å². The molecule has 4 aromatic rings. The molecular formula is C31H40BrN9OS. The van der Waals surface area contributed by atoms with Gasteiger partial charge in [-0.05, 0) is 78.6 Å². The smallest absolute Gasteiger partial charge is 0.229 e. The van der Waals surface area contributed by atoms with Crippen molar-refractivity contribution in [2.45, 2.75) is 44.9 Å². The highest BCUT2D eigenvalue weighted by Gasteiger charge is 2.26. The number of methoxy groups -OCH3 is 1. The van der Waals surface area contributed by atoms with Gasteiger partial charge in [-0.15, -0.1) is 0 Å². The van der Waals surface area contributed by atoms with Crippen molar-refractivity contribution in [1.29, 1.82) is 0 Å². The third kappa shape index (κ3) is 6.91. The first kappa shape index (κ1) is 31.1. The number of hydrogen-bond acceptors (Lipinski definition) is 11. The van der Waals surface area contributed by atoms with Crippen LogP contribution in [0.5, 0.6) is 5.75 Å². The van der Waals surface area contributed by atoms with Gasteiger partial charge < -0.3 is 29.5 Å². The molecule has 0 aliphatic carbocycles. The van der Waals surface area contributed by atoms with Crippen molar-refractivity contribution in [1.82, 2.24) is 24.8 Å². The van der Waals surface area contributed by atoms with Gasteiger partial charge in [-0.3, -0.25) is 9.97 Å². The van der Waals surface area contributed by atoms with Crippen LogP contribution >= 0.6 is 27.9 Å². The molecule has 1 atom stereocenters. The highest BCUT2D eigenvalue weighted by molar-refractivity contribution is 9.10. The second-order valence-corrected chi connectivity index (χ2v) is 13.6. The molecule has 2 aromatic heterocycles. The van der Waals surface area contributed by atoms with Crippen molar-refractivity contribution in [3.63, 3.8) is 0 Å². The van der Waals surface area contributed by atoms with E-state index in [0.29, 0.717) is 23.1 Å². The minimum atomic E-state index is 0.389. The summed E-state index contributed by atoms with van der Waals surface area (Å²) in [5, 5.41) is 7.33. The maximum Gasteiger partial charge on any atom is 0.229 e. The molecule has 1 aliphatic rings. The zero-order chi connectivity index (χ0) is 30.7. The number of ether oxygens (including phenoxy) is 1. The van der Waals surface area contributed by atoms with E-state index >= 15 is 0 Å². The van der Waals surface area contributed by atoms with Gasteiger partial charge in [0.25, 0.3) is 0 Å². The Morgan fingerprint density at radius 2 is 1.88 bits per heavy atom. The zero-order valence-corrected chi connectivity index (χ0v) is 28.3. The van der Waals surface area contributed by atoms with Crippen LogP contribution < -0.4 is 24.6 Å². The first-order valence-corrected chi connectivity index (χ1v) is 16.1. The van der Waals surface area contributed by atoms with E-state index in [-0.39, 0.29) is 0 Å². The fraction of sp³-hybridized carbons (Fsp3) is 0.419. The second-order valence-electron chi connectivity index (χ2n) is 11.1. The van der Waals surface area contributed by atoms with Crippen LogP contribution in [0.1, 0.15) is 32.8 Å². The number of nitrogens with zero attached hydrogens (tertiary/aromatic N) is 7. The molecule has 3 heterocycles. The molecule has 1 unspecified atom stereocenters. The molecule has 2 N–H and O–H groups in total. The summed E-state index contributed by atoms with van der Waals surface area (Å²) in [6, 6.07) is 8.83. The molecular weight excluding hydrogens is 626 g/mol. The molecule has 12 heteroatoms. The summed E-state index contributed by atoms with van der Waals surface area (Å²) in [4.78, 5) is 23.4. The molecule has 1 aliphatic heterocycles. The summed E-state index contributed by atoms with van der Waals surface area (Å²) >= 11 is 5.37. The van der Waals surface area contributed by atoms with Crippen LogP contribution in [0.2, 0.25) is 0 Å². The molecule has 0 radical (unpaired) electrons. The van der Waals surface area contributed by atoms with Crippen LogP contribution in [0.15, 0.2) is 47.3 Å². The minimum absolute atomic E-state index is 0.389. The Labute approximate surface area is 266 Å². The number of fused-ring (bicyclic) bond motifs is 1. The van der Waals surface area contributed by atoms with E-state index in [1.54, 1.807) is 37.6 Å². The van der Waals surface area contributed by atoms with Gasteiger partial charge in [-0.2, -0.15) is 4.98 Å². The number of likely N-dealkylation sites (N-methyl/N-ethyl adjacent to an activating group) is 1. The van der Waals surface area contributed by atoms with Crippen LogP contribution in [0.25, 0.3) is 11.0 Å². The van der Waals surface area contributed by atoms with Crippen LogP contribution in [-0.4, -0.2) is 77.5 Å². The second kappa shape index (κ2) is 13.5. The number of aromatic nitrogens is 4. The third-order valence-electron chi connectivity index (χ3n) is 7.56. The zero-order valence-electron chi connectivity index (χ0n) is 25.8. The molecule has 1 fully saturated rings. The van der Waals surface area contributed by atoms with Gasteiger partial charge in [0.2, 0.25) is 5.95 Å². The molecule has 10 nitrogen and oxygen atoms in total. The number of anilines is 6. The van der Waals surface area contributed by atoms with Gasteiger partial charge in [-0.1, -0.05) is 20.8 Å². The number of nitrogens with one attached hydrogen (secondary N) is 2. The highest BCUT2D eigenvalue weighted by Crippen LogP contribution is 2.40. The van der Waals surface area contributed by atoms with Crippen molar-refractivity contribution in [2.24, 2.45) is 0 Å². The predicted molar refractivity (Wildman–Crippen MR) is 184 cm³/mol. The SMILES string of the molecule is CCc1cc(Nc2ncc(Br)c(Nc3ccc4nccnc4c3N(C)SC(C)C)n2)c(OC)cc1N1CCC(N(C)C)C1. The number of benzene rings is 2. The fourth-order valence-corrected chi connectivity index (χ4v) is 6.63. The molecule has 0 amide bonds. The molecule has 228 valence electrons. The molecule has 5 rings (SSSR count). The average Bonchev–Trinajstić information content (AvgIpc) is 3.49. The van der Waals surface area contributed by atoms with E-state index in [9.17, 15) is 0 Å². The summed E-state index contributed by atoms with van der Waals surface area (Å²) in [5.74, 6) is 1.84. The predicted octanol–water partition coefficient (Wildman–Crippen LogP) is 6.87. The summed E-state index contributed by atoms with van der Waals surface area (Å²) in [5.41, 5.74) is 6.76. The lowest BCUT2D eigenvalue weighted by molar-refractivity contribution is 0.315. The maximum absolute atomic E-state index is 5.86. The van der Waals surface area contributed by atoms with Crippen molar-refractivity contribution >= 4 is 73.4 Å². The van der Waals surface area contributed by atoms with E-state index in [4.69, 9.17) is 9.72 Å². The van der Waals surface area contributed by atoms with Crippen LogP contribution in [0, 0.1) is 0 Å². The van der Waals surface area contributed by atoms with Crippen LogP contribution in [0.4, 0.5) is 34.5 Å². The van der Waals surface area contributed by atoms with E-state index < -0.39 is 0 Å². The number of halogens is 1. The van der Waals surface area contributed by atoms with Gasteiger partial charge in [0.15, 0.2) is 0 Å². The lowest BCUT2D eigenvalue weighted by Gasteiger charge is -2.25. The van der Waals surface area contributed by atoms with Crippen molar-refractivity contribution < 1.29 is 4.74 Å². The van der Waals surface area contributed by atoms with Crippen LogP contribution in [-0.2, 0) is 6.42 Å². The Bertz CT molecular complexity index is 1580. The van der Waals surface area contributed by atoms with E-state index in [0.717, 1.165) is 64.2 Å². The monoisotopic (exact) mass is 665 g/mol. The van der Waals surface area contributed by atoms with Gasteiger partial charge in [0.1, 0.15) is 17.1 Å². The Hall–Kier alpha value is -3.35. The van der Waals surface area contributed by atoms with Crippen molar-refractivity contribution in [3.05, 3.63) is 52.9 Å². The number of hydrogen-bond donors (Lipinski definition) is 2. The lowest BCUT2D eigenvalue weighted by Crippen LogP contribution is -2.31. The summed E-state index contributed by atoms with van der Waals surface area (Å²) in [6.07, 6.45) is 7.24. The molecule has 0 saturated carbocycles. The van der Waals surface area contributed by atoms with Crippen molar-refractivity contribution in [2.75, 3.05) is 61.2 Å². The normalized spacial score (nSPS) is 15.0. The molecule has 2 aromatic carbocycles. The Morgan fingerprint density at radius 3 is 2.58 bits per heavy atom. The first-order valence-electron chi connectivity index (χ1n) is 14.5. The molecule has 0 spiro atoms. The topological polar surface area (TPSA) is 94.6 Å². The minimum Gasteiger partial charge on any atom is -0.494 e. The third-order valence-corrected chi connectivity index (χ3v) is 9.06. The Morgan fingerprint density at radius 1 is 1.09 bits per heavy atom. The van der Waals surface area contributed by atoms with E-state index in [1.807, 2.05) is 19.2 Å². The molecule has 1 saturated heterocycles. The summed E-state index contributed by atoms with van der Waals surface area (Å²) in [6.45, 7) is 8.56. The van der Waals surface area contributed by atoms with E-state index in [1.165, 1.54) is 11.3 Å². The van der Waals surface area contributed by atoms with Gasteiger partial charge in [0, 0.05) is 61.8 Å². The Balaban J connectivity index is 1.45. The van der Waals surface area contributed by atoms with E-state index in [2.05, 4.69) is 103 Å². The Kier molecular flexibility index (Phi) is 9.78. The molecule has 43 heavy (non-hydrogen) atoms. The van der Waals surface area contributed by atoms with Gasteiger partial charge in [-0.25, -0.2) is 4.98 Å². The van der Waals surface area contributed by atoms with Gasteiger partial charge in [0.05, 0.1) is 34.2 Å². The highest BCUT2D eigenvalue weighted by atomic mass is 79.9. The quantitative estimate of drug-likeness (QED) is 0.164. The standard InChI is InChI=1S/C31H40BrN9OS/c1-8-20-15-25(27(42-7)16-26(20)41-14-11-21(18-41)39(4)5)37-31-35-17-22(32)30(38-31)36-24-10-9-23-28(34-13-12-33-23)29(24)40(6)43-19(2)3/h9-10,12-13,15-17,19,21H,8,11,14,18H2,1-7H3,(H2,35,36,37,38). The fourth-order valence-electron chi connectivity index (χ4n) is 5.41. The molecule has 0 bridgehead atoms. The lowest BCUT2D eigenvalue weighted by atomic mass is 10.1. The maximum atomic E-state index is 5.86. The van der Waals surface area contributed by atoms with Gasteiger partial charge >= 0.3 is 0 Å². The number of rotatable bonds is 11.